The predicted octanol–water partition coefficient (Wildman–Crippen LogP) is 2.41. The zero-order chi connectivity index (χ0) is 22.6. The first-order valence-electron chi connectivity index (χ1n) is 9.85. The molecule has 3 aromatic rings. The molecule has 0 radical (unpaired) electrons. The minimum atomic E-state index is -3.83. The van der Waals surface area contributed by atoms with E-state index in [0.29, 0.717) is 23.5 Å². The Morgan fingerprint density at radius 3 is 2.00 bits per heavy atom. The largest absolute Gasteiger partial charge is 0.454 e. The van der Waals surface area contributed by atoms with Crippen LogP contribution in [0.15, 0.2) is 82.6 Å². The van der Waals surface area contributed by atoms with Crippen molar-refractivity contribution >= 4 is 20.0 Å². The molecule has 0 unspecified atom stereocenters. The molecule has 0 amide bonds. The molecular formula is C22H22N2O6S2. The van der Waals surface area contributed by atoms with E-state index in [2.05, 4.69) is 9.44 Å². The van der Waals surface area contributed by atoms with Crippen LogP contribution in [0, 0.1) is 0 Å². The third kappa shape index (κ3) is 5.28. The van der Waals surface area contributed by atoms with Crippen LogP contribution in [0.2, 0.25) is 0 Å². The first kappa shape index (κ1) is 22.3. The lowest BCUT2D eigenvalue weighted by Gasteiger charge is -2.10. The minimum Gasteiger partial charge on any atom is -0.454 e. The van der Waals surface area contributed by atoms with Crippen LogP contribution < -0.4 is 18.9 Å². The zero-order valence-electron chi connectivity index (χ0n) is 17.0. The Morgan fingerprint density at radius 2 is 1.31 bits per heavy atom. The van der Waals surface area contributed by atoms with Crippen molar-refractivity contribution in [2.24, 2.45) is 0 Å². The number of nitrogens with one attached hydrogen (secondary N) is 2. The molecule has 4 rings (SSSR count). The average Bonchev–Trinajstić information content (AvgIpc) is 3.26. The van der Waals surface area contributed by atoms with E-state index in [-0.39, 0.29) is 29.7 Å². The van der Waals surface area contributed by atoms with Crippen LogP contribution in [-0.2, 0) is 33.0 Å². The summed E-state index contributed by atoms with van der Waals surface area (Å²) in [7, 11) is -7.57. The topological polar surface area (TPSA) is 111 Å². The number of rotatable bonds is 9. The van der Waals surface area contributed by atoms with Crippen molar-refractivity contribution in [3.63, 3.8) is 0 Å². The van der Waals surface area contributed by atoms with Crippen molar-refractivity contribution in [1.29, 1.82) is 0 Å². The number of fused-ring (bicyclic) bond motifs is 1. The molecule has 10 heteroatoms. The monoisotopic (exact) mass is 474 g/mol. The molecule has 8 nitrogen and oxygen atoms in total. The van der Waals surface area contributed by atoms with E-state index in [0.717, 1.165) is 5.56 Å². The summed E-state index contributed by atoms with van der Waals surface area (Å²) in [6.45, 7) is 0.435. The smallest absolute Gasteiger partial charge is 0.240 e. The lowest BCUT2D eigenvalue weighted by Crippen LogP contribution is -2.26. The first-order valence-corrected chi connectivity index (χ1v) is 12.8. The van der Waals surface area contributed by atoms with E-state index >= 15 is 0 Å². The summed E-state index contributed by atoms with van der Waals surface area (Å²) in [5.74, 6) is 1.18. The molecule has 0 saturated carbocycles. The van der Waals surface area contributed by atoms with Crippen molar-refractivity contribution in [3.05, 3.63) is 83.9 Å². The second-order valence-electron chi connectivity index (χ2n) is 7.12. The second-order valence-corrected chi connectivity index (χ2v) is 10.7. The Morgan fingerprint density at radius 1 is 0.688 bits per heavy atom. The van der Waals surface area contributed by atoms with Crippen molar-refractivity contribution in [1.82, 2.24) is 9.44 Å². The highest BCUT2D eigenvalue weighted by atomic mass is 32.2. The summed E-state index contributed by atoms with van der Waals surface area (Å²) in [6.07, 6.45) is 0.552. The second kappa shape index (κ2) is 9.29. The Hall–Kier alpha value is -2.92. The first-order chi connectivity index (χ1) is 15.3. The van der Waals surface area contributed by atoms with E-state index in [1.165, 1.54) is 24.3 Å². The maximum Gasteiger partial charge on any atom is 0.240 e. The Kier molecular flexibility index (Phi) is 6.47. The Balaban J connectivity index is 1.37. The number of sulfonamides is 2. The number of ether oxygens (including phenoxy) is 2. The van der Waals surface area contributed by atoms with Gasteiger partial charge in [0.15, 0.2) is 11.5 Å². The van der Waals surface area contributed by atoms with Crippen LogP contribution in [0.5, 0.6) is 11.5 Å². The van der Waals surface area contributed by atoms with Gasteiger partial charge in [0.05, 0.1) is 9.79 Å². The molecule has 32 heavy (non-hydrogen) atoms. The molecule has 1 aliphatic heterocycles. The van der Waals surface area contributed by atoms with Crippen molar-refractivity contribution in [2.75, 3.05) is 13.3 Å². The highest BCUT2D eigenvalue weighted by Crippen LogP contribution is 2.32. The van der Waals surface area contributed by atoms with Gasteiger partial charge in [0.2, 0.25) is 26.8 Å². The van der Waals surface area contributed by atoms with Gasteiger partial charge in [-0.1, -0.05) is 36.4 Å². The number of hydrogen-bond acceptors (Lipinski definition) is 6. The van der Waals surface area contributed by atoms with Gasteiger partial charge in [-0.15, -0.1) is 0 Å². The zero-order valence-corrected chi connectivity index (χ0v) is 18.7. The molecule has 0 aromatic heterocycles. The maximum atomic E-state index is 12.6. The van der Waals surface area contributed by atoms with E-state index in [9.17, 15) is 16.8 Å². The molecule has 3 aromatic carbocycles. The molecule has 1 aliphatic rings. The highest BCUT2D eigenvalue weighted by molar-refractivity contribution is 7.90. The summed E-state index contributed by atoms with van der Waals surface area (Å²) in [5, 5.41) is 0. The Labute approximate surface area is 187 Å². The van der Waals surface area contributed by atoms with E-state index < -0.39 is 20.0 Å². The van der Waals surface area contributed by atoms with Gasteiger partial charge in [-0.3, -0.25) is 0 Å². The van der Waals surface area contributed by atoms with Crippen LogP contribution >= 0.6 is 0 Å². The van der Waals surface area contributed by atoms with Crippen LogP contribution in [0.1, 0.15) is 11.1 Å². The fraction of sp³-hybridized carbons (Fsp3) is 0.182. The van der Waals surface area contributed by atoms with Crippen LogP contribution in [0.3, 0.4) is 0 Å². The van der Waals surface area contributed by atoms with Crippen LogP contribution in [-0.4, -0.2) is 30.2 Å². The standard InChI is InChI=1S/C22H22N2O6S2/c25-31(26,23-13-12-17-4-2-1-3-5-17)19-7-9-20(10-8-19)32(27,28)24-15-18-6-11-21-22(14-18)30-16-29-21/h1-11,14,23-24H,12-13,15-16H2. The van der Waals surface area contributed by atoms with Crippen LogP contribution in [0.4, 0.5) is 0 Å². The summed E-state index contributed by atoms with van der Waals surface area (Å²) in [4.78, 5) is -0.0261. The van der Waals surface area contributed by atoms with Gasteiger partial charge in [-0.25, -0.2) is 26.3 Å². The highest BCUT2D eigenvalue weighted by Gasteiger charge is 2.19. The quantitative estimate of drug-likeness (QED) is 0.493. The minimum absolute atomic E-state index is 0.000262. The molecule has 0 bridgehead atoms. The fourth-order valence-electron chi connectivity index (χ4n) is 3.17. The van der Waals surface area contributed by atoms with E-state index in [1.54, 1.807) is 18.2 Å². The van der Waals surface area contributed by atoms with E-state index in [1.807, 2.05) is 30.3 Å². The van der Waals surface area contributed by atoms with Gasteiger partial charge in [-0.2, -0.15) is 0 Å². The summed E-state index contributed by atoms with van der Waals surface area (Å²) in [5.41, 5.74) is 1.73. The van der Waals surface area contributed by atoms with Gasteiger partial charge in [-0.05, 0) is 53.9 Å². The SMILES string of the molecule is O=S(=O)(NCCc1ccccc1)c1ccc(S(=O)(=O)NCc2ccc3c(c2)OCO3)cc1. The molecule has 0 aliphatic carbocycles. The maximum absolute atomic E-state index is 12.6. The molecule has 0 spiro atoms. The number of benzene rings is 3. The molecule has 1 heterocycles. The van der Waals surface area contributed by atoms with Gasteiger partial charge in [0, 0.05) is 13.1 Å². The molecular weight excluding hydrogens is 452 g/mol. The molecule has 168 valence electrons. The predicted molar refractivity (Wildman–Crippen MR) is 118 cm³/mol. The van der Waals surface area contributed by atoms with Crippen molar-refractivity contribution in [3.8, 4) is 11.5 Å². The van der Waals surface area contributed by atoms with E-state index in [4.69, 9.17) is 9.47 Å². The van der Waals surface area contributed by atoms with Gasteiger partial charge < -0.3 is 9.47 Å². The average molecular weight is 475 g/mol. The molecule has 0 saturated heterocycles. The summed E-state index contributed by atoms with van der Waals surface area (Å²) < 4.78 is 65.7. The van der Waals surface area contributed by atoms with Crippen molar-refractivity contribution in [2.45, 2.75) is 22.8 Å². The fourth-order valence-corrected chi connectivity index (χ4v) is 5.22. The third-order valence-electron chi connectivity index (χ3n) is 4.90. The lowest BCUT2D eigenvalue weighted by atomic mass is 10.2. The van der Waals surface area contributed by atoms with Gasteiger partial charge in [0.1, 0.15) is 0 Å². The van der Waals surface area contributed by atoms with Gasteiger partial charge in [0.25, 0.3) is 0 Å². The van der Waals surface area contributed by atoms with Gasteiger partial charge >= 0.3 is 0 Å². The Bertz CT molecular complexity index is 1290. The number of hydrogen-bond donors (Lipinski definition) is 2. The normalized spacial score (nSPS) is 13.2. The van der Waals surface area contributed by atoms with Crippen molar-refractivity contribution < 1.29 is 26.3 Å². The van der Waals surface area contributed by atoms with Crippen LogP contribution in [0.25, 0.3) is 0 Å². The summed E-state index contributed by atoms with van der Waals surface area (Å²) >= 11 is 0. The molecule has 0 atom stereocenters. The molecule has 0 fully saturated rings. The third-order valence-corrected chi connectivity index (χ3v) is 7.79. The lowest BCUT2D eigenvalue weighted by molar-refractivity contribution is 0.174. The molecule has 2 N–H and O–H groups in total. The summed E-state index contributed by atoms with van der Waals surface area (Å²) in [6, 6.07) is 19.8.